The van der Waals surface area contributed by atoms with Gasteiger partial charge in [0.1, 0.15) is 5.75 Å². The van der Waals surface area contributed by atoms with E-state index in [-0.39, 0.29) is 17.9 Å². The van der Waals surface area contributed by atoms with Gasteiger partial charge in [-0.05, 0) is 25.1 Å². The number of rotatable bonds is 4. The van der Waals surface area contributed by atoms with Gasteiger partial charge in [-0.25, -0.2) is 4.98 Å². The van der Waals surface area contributed by atoms with E-state index < -0.39 is 11.7 Å². The van der Waals surface area contributed by atoms with Gasteiger partial charge in [0, 0.05) is 11.3 Å². The molecule has 2 rings (SSSR count). The number of benzene rings is 1. The molecule has 0 atom stereocenters. The Balaban J connectivity index is 2.13. The average Bonchev–Trinajstić information content (AvgIpc) is 2.83. The third-order valence-electron chi connectivity index (χ3n) is 2.85. The summed E-state index contributed by atoms with van der Waals surface area (Å²) in [6.45, 7) is 1.96. The molecule has 0 aliphatic rings. The van der Waals surface area contributed by atoms with E-state index in [1.807, 2.05) is 6.92 Å². The number of hydrogen-bond donors (Lipinski definition) is 0. The summed E-state index contributed by atoms with van der Waals surface area (Å²) in [5.41, 5.74) is 1.57. The highest BCUT2D eigenvalue weighted by atomic mass is 32.1. The van der Waals surface area contributed by atoms with E-state index in [1.54, 1.807) is 11.6 Å². The van der Waals surface area contributed by atoms with Crippen molar-refractivity contribution in [3.05, 3.63) is 45.4 Å². The van der Waals surface area contributed by atoms with E-state index in [0.717, 1.165) is 16.6 Å². The van der Waals surface area contributed by atoms with Crippen molar-refractivity contribution in [1.29, 1.82) is 5.26 Å². The number of aromatic nitrogens is 1. The molecule has 0 N–H and O–H groups in total. The Morgan fingerprint density at radius 3 is 2.71 bits per heavy atom. The molecule has 0 fully saturated rings. The van der Waals surface area contributed by atoms with Crippen LogP contribution >= 0.6 is 11.3 Å². The van der Waals surface area contributed by atoms with Crippen molar-refractivity contribution in [2.24, 2.45) is 0 Å². The van der Waals surface area contributed by atoms with Crippen LogP contribution in [0.4, 0.5) is 13.2 Å². The lowest BCUT2D eigenvalue weighted by Crippen LogP contribution is -2.10. The molecule has 21 heavy (non-hydrogen) atoms. The first kappa shape index (κ1) is 15.3. The largest absolute Gasteiger partial charge is 0.493 e. The number of aryl methyl sites for hydroxylation is 1. The molecule has 7 heteroatoms. The fourth-order valence-corrected chi connectivity index (χ4v) is 2.53. The second kappa shape index (κ2) is 6.14. The number of alkyl halides is 3. The fraction of sp³-hybridized carbons (Fsp3) is 0.286. The Hall–Kier alpha value is -2.07. The maximum Gasteiger partial charge on any atom is 0.420 e. The van der Waals surface area contributed by atoms with E-state index in [0.29, 0.717) is 6.42 Å². The summed E-state index contributed by atoms with van der Waals surface area (Å²) in [7, 11) is 0. The van der Waals surface area contributed by atoms with Crippen molar-refractivity contribution in [2.75, 3.05) is 6.61 Å². The first-order valence-corrected chi connectivity index (χ1v) is 6.93. The lowest BCUT2D eigenvalue weighted by molar-refractivity contribution is -0.138. The number of nitriles is 1. The molecule has 0 unspecified atom stereocenters. The van der Waals surface area contributed by atoms with Gasteiger partial charge in [-0.2, -0.15) is 18.4 Å². The van der Waals surface area contributed by atoms with E-state index in [9.17, 15) is 13.2 Å². The second-order valence-electron chi connectivity index (χ2n) is 4.28. The number of halogens is 3. The zero-order valence-corrected chi connectivity index (χ0v) is 11.9. The molecule has 1 aromatic carbocycles. The molecule has 0 aliphatic heterocycles. The van der Waals surface area contributed by atoms with E-state index in [1.165, 1.54) is 23.5 Å². The molecule has 0 radical (unpaired) electrons. The van der Waals surface area contributed by atoms with Crippen LogP contribution in [0, 0.1) is 18.3 Å². The summed E-state index contributed by atoms with van der Waals surface area (Å²) in [6.07, 6.45) is -4.06. The van der Waals surface area contributed by atoms with Crippen molar-refractivity contribution < 1.29 is 17.9 Å². The number of hydrogen-bond acceptors (Lipinski definition) is 4. The van der Waals surface area contributed by atoms with Gasteiger partial charge in [0.2, 0.25) is 0 Å². The minimum absolute atomic E-state index is 0.0482. The van der Waals surface area contributed by atoms with E-state index in [2.05, 4.69) is 4.98 Å². The van der Waals surface area contributed by atoms with Crippen LogP contribution < -0.4 is 4.74 Å². The third-order valence-corrected chi connectivity index (χ3v) is 3.84. The molecule has 0 spiro atoms. The van der Waals surface area contributed by atoms with Crippen molar-refractivity contribution in [2.45, 2.75) is 19.5 Å². The Labute approximate surface area is 123 Å². The monoisotopic (exact) mass is 312 g/mol. The Morgan fingerprint density at radius 2 is 2.14 bits per heavy atom. The number of ether oxygens (including phenoxy) is 1. The van der Waals surface area contributed by atoms with Crippen LogP contribution in [0.3, 0.4) is 0 Å². The van der Waals surface area contributed by atoms with Crippen LogP contribution in [-0.4, -0.2) is 11.6 Å². The van der Waals surface area contributed by atoms with Gasteiger partial charge in [-0.1, -0.05) is 0 Å². The minimum atomic E-state index is -4.55. The Bertz CT molecular complexity index is 674. The van der Waals surface area contributed by atoms with Gasteiger partial charge in [-0.3, -0.25) is 0 Å². The van der Waals surface area contributed by atoms with Crippen LogP contribution in [-0.2, 0) is 12.6 Å². The molecule has 3 nitrogen and oxygen atoms in total. The van der Waals surface area contributed by atoms with Gasteiger partial charge in [0.25, 0.3) is 0 Å². The lowest BCUT2D eigenvalue weighted by Gasteiger charge is -2.14. The van der Waals surface area contributed by atoms with Crippen LogP contribution in [0.25, 0.3) is 0 Å². The van der Waals surface area contributed by atoms with Gasteiger partial charge >= 0.3 is 6.18 Å². The molecule has 1 aromatic heterocycles. The molecule has 1 heterocycles. The minimum Gasteiger partial charge on any atom is -0.493 e. The molecule has 0 aliphatic carbocycles. The molecule has 0 bridgehead atoms. The fourth-order valence-electron chi connectivity index (χ4n) is 1.77. The first-order valence-electron chi connectivity index (χ1n) is 6.05. The van der Waals surface area contributed by atoms with Gasteiger partial charge < -0.3 is 4.74 Å². The van der Waals surface area contributed by atoms with Crippen molar-refractivity contribution in [3.63, 3.8) is 0 Å². The molecule has 110 valence electrons. The predicted molar refractivity (Wildman–Crippen MR) is 72.2 cm³/mol. The van der Waals surface area contributed by atoms with E-state index in [4.69, 9.17) is 10.00 Å². The summed E-state index contributed by atoms with van der Waals surface area (Å²) in [5.74, 6) is -0.260. The quantitative estimate of drug-likeness (QED) is 0.858. The van der Waals surface area contributed by atoms with Crippen LogP contribution in [0.1, 0.15) is 21.7 Å². The topological polar surface area (TPSA) is 45.9 Å². The average molecular weight is 312 g/mol. The highest BCUT2D eigenvalue weighted by Gasteiger charge is 2.34. The highest BCUT2D eigenvalue weighted by Crippen LogP contribution is 2.36. The zero-order chi connectivity index (χ0) is 15.5. The Morgan fingerprint density at radius 1 is 1.38 bits per heavy atom. The zero-order valence-electron chi connectivity index (χ0n) is 11.1. The molecule has 0 saturated heterocycles. The van der Waals surface area contributed by atoms with Crippen LogP contribution in [0.15, 0.2) is 23.7 Å². The van der Waals surface area contributed by atoms with Crippen LogP contribution in [0.2, 0.25) is 0 Å². The summed E-state index contributed by atoms with van der Waals surface area (Å²) >= 11 is 1.44. The summed E-state index contributed by atoms with van der Waals surface area (Å²) in [4.78, 5) is 5.05. The lowest BCUT2D eigenvalue weighted by atomic mass is 10.1. The smallest absolute Gasteiger partial charge is 0.420 e. The predicted octanol–water partition coefficient (Wildman–Crippen LogP) is 3.96. The van der Waals surface area contributed by atoms with Crippen LogP contribution in [0.5, 0.6) is 5.75 Å². The SMILES string of the molecule is Cc1ncsc1CCOc1ccc(C#N)cc1C(F)(F)F. The molecule has 2 aromatic rings. The third kappa shape index (κ3) is 3.73. The van der Waals surface area contributed by atoms with E-state index >= 15 is 0 Å². The van der Waals surface area contributed by atoms with Gasteiger partial charge in [0.05, 0.1) is 35.0 Å². The highest BCUT2D eigenvalue weighted by molar-refractivity contribution is 7.09. The maximum atomic E-state index is 12.9. The number of thiazole rings is 1. The van der Waals surface area contributed by atoms with Crippen molar-refractivity contribution >= 4 is 11.3 Å². The number of nitrogens with zero attached hydrogens (tertiary/aromatic N) is 2. The second-order valence-corrected chi connectivity index (χ2v) is 5.22. The van der Waals surface area contributed by atoms with Gasteiger partial charge in [0.15, 0.2) is 0 Å². The summed E-state index contributed by atoms with van der Waals surface area (Å²) < 4.78 is 44.0. The maximum absolute atomic E-state index is 12.9. The molecular formula is C14H11F3N2OS. The molecule has 0 amide bonds. The standard InChI is InChI=1S/C14H11F3N2OS/c1-9-13(21-8-19-9)4-5-20-12-3-2-10(7-18)6-11(12)14(15,16)17/h2-3,6,8H,4-5H2,1H3. The molecular weight excluding hydrogens is 301 g/mol. The molecule has 0 saturated carbocycles. The van der Waals surface area contributed by atoms with Gasteiger partial charge in [-0.15, -0.1) is 11.3 Å². The van der Waals surface area contributed by atoms with Crippen molar-refractivity contribution in [1.82, 2.24) is 4.98 Å². The van der Waals surface area contributed by atoms with Crippen molar-refractivity contribution in [3.8, 4) is 11.8 Å². The summed E-state index contributed by atoms with van der Waals surface area (Å²) in [5, 5.41) is 8.69. The first-order chi connectivity index (χ1) is 9.91. The Kier molecular flexibility index (Phi) is 4.48. The summed E-state index contributed by atoms with van der Waals surface area (Å²) in [6, 6.07) is 4.98. The normalized spacial score (nSPS) is 11.2.